The molecule has 1 amide bonds. The third kappa shape index (κ3) is 4.31. The number of ether oxygens (including phenoxy) is 2. The molecule has 1 unspecified atom stereocenters. The topological polar surface area (TPSA) is 93.8 Å². The summed E-state index contributed by atoms with van der Waals surface area (Å²) in [5, 5.41) is 12.5. The molecule has 0 radical (unpaired) electrons. The van der Waals surface area contributed by atoms with Crippen molar-refractivity contribution >= 4 is 5.91 Å². The van der Waals surface area contributed by atoms with Gasteiger partial charge in [0.2, 0.25) is 5.88 Å². The number of methoxy groups -OCH3 is 1. The van der Waals surface area contributed by atoms with Crippen molar-refractivity contribution in [2.24, 2.45) is 0 Å². The highest BCUT2D eigenvalue weighted by atomic mass is 16.5. The number of hydrogen-bond donors (Lipinski definition) is 2. The molecule has 2 heterocycles. The minimum Gasteiger partial charge on any atom is -0.475 e. The Kier molecular flexibility index (Phi) is 5.93. The molecule has 0 aliphatic heterocycles. The highest BCUT2D eigenvalue weighted by Crippen LogP contribution is 2.15. The lowest BCUT2D eigenvalue weighted by Gasteiger charge is -2.12. The predicted molar refractivity (Wildman–Crippen MR) is 77.6 cm³/mol. The summed E-state index contributed by atoms with van der Waals surface area (Å²) in [4.78, 5) is 16.2. The normalized spacial score (nSPS) is 11.9. The highest BCUT2D eigenvalue weighted by molar-refractivity contribution is 5.96. The first kappa shape index (κ1) is 16.0. The molecule has 0 spiro atoms. The Morgan fingerprint density at radius 2 is 2.27 bits per heavy atom. The van der Waals surface area contributed by atoms with Crippen LogP contribution in [0.3, 0.4) is 0 Å². The van der Waals surface area contributed by atoms with E-state index in [0.29, 0.717) is 24.5 Å². The quantitative estimate of drug-likeness (QED) is 0.711. The molecular weight excluding hydrogens is 288 g/mol. The zero-order valence-electron chi connectivity index (χ0n) is 12.2. The summed E-state index contributed by atoms with van der Waals surface area (Å²) in [5.41, 5.74) is 0.297. The number of nitrogens with one attached hydrogen (secondary N) is 1. The number of carbonyl (C=O) groups excluding carboxylic acids is 1. The SMILES string of the molecule is COCCOc1ncccc1C(=O)NCC(O)c1ccco1. The molecule has 0 aliphatic carbocycles. The first-order valence-corrected chi connectivity index (χ1v) is 6.78. The molecule has 2 aromatic rings. The molecule has 22 heavy (non-hydrogen) atoms. The average molecular weight is 306 g/mol. The number of pyridine rings is 1. The molecule has 2 rings (SSSR count). The molecule has 2 N–H and O–H groups in total. The molecule has 0 aromatic carbocycles. The van der Waals surface area contributed by atoms with Crippen molar-refractivity contribution in [3.63, 3.8) is 0 Å². The van der Waals surface area contributed by atoms with Crippen LogP contribution in [-0.4, -0.2) is 42.9 Å². The lowest BCUT2D eigenvalue weighted by molar-refractivity contribution is 0.0892. The summed E-state index contributed by atoms with van der Waals surface area (Å²) in [6, 6.07) is 6.55. The van der Waals surface area contributed by atoms with Crippen LogP contribution >= 0.6 is 0 Å². The van der Waals surface area contributed by atoms with E-state index in [1.54, 1.807) is 31.4 Å². The molecule has 7 heteroatoms. The van der Waals surface area contributed by atoms with Gasteiger partial charge in [-0.15, -0.1) is 0 Å². The Hall–Kier alpha value is -2.38. The van der Waals surface area contributed by atoms with Crippen LogP contribution in [0.5, 0.6) is 5.88 Å². The monoisotopic (exact) mass is 306 g/mol. The van der Waals surface area contributed by atoms with Gasteiger partial charge in [0.1, 0.15) is 24.0 Å². The van der Waals surface area contributed by atoms with E-state index in [0.717, 1.165) is 0 Å². The van der Waals surface area contributed by atoms with E-state index in [-0.39, 0.29) is 18.3 Å². The fraction of sp³-hybridized carbons (Fsp3) is 0.333. The van der Waals surface area contributed by atoms with Gasteiger partial charge in [-0.1, -0.05) is 0 Å². The van der Waals surface area contributed by atoms with Crippen molar-refractivity contribution in [1.29, 1.82) is 0 Å². The lowest BCUT2D eigenvalue weighted by Crippen LogP contribution is -2.29. The van der Waals surface area contributed by atoms with E-state index < -0.39 is 6.10 Å². The molecule has 0 saturated heterocycles. The van der Waals surface area contributed by atoms with Crippen LogP contribution < -0.4 is 10.1 Å². The van der Waals surface area contributed by atoms with E-state index in [4.69, 9.17) is 13.9 Å². The second-order valence-electron chi connectivity index (χ2n) is 4.44. The fourth-order valence-corrected chi connectivity index (χ4v) is 1.77. The lowest BCUT2D eigenvalue weighted by atomic mass is 10.2. The predicted octanol–water partition coefficient (Wildman–Crippen LogP) is 1.16. The summed E-state index contributed by atoms with van der Waals surface area (Å²) >= 11 is 0. The third-order valence-electron chi connectivity index (χ3n) is 2.87. The maximum absolute atomic E-state index is 12.2. The third-order valence-corrected chi connectivity index (χ3v) is 2.87. The fourth-order valence-electron chi connectivity index (χ4n) is 1.77. The Labute approximate surface area is 127 Å². The smallest absolute Gasteiger partial charge is 0.256 e. The number of nitrogens with zero attached hydrogens (tertiary/aromatic N) is 1. The Morgan fingerprint density at radius 1 is 1.41 bits per heavy atom. The van der Waals surface area contributed by atoms with Gasteiger partial charge in [-0.25, -0.2) is 4.98 Å². The van der Waals surface area contributed by atoms with Crippen LogP contribution in [0.2, 0.25) is 0 Å². The highest BCUT2D eigenvalue weighted by Gasteiger charge is 2.16. The van der Waals surface area contributed by atoms with Gasteiger partial charge in [-0.05, 0) is 24.3 Å². The number of furan rings is 1. The van der Waals surface area contributed by atoms with Gasteiger partial charge in [0.15, 0.2) is 0 Å². The second kappa shape index (κ2) is 8.16. The summed E-state index contributed by atoms with van der Waals surface area (Å²) in [6.07, 6.45) is 2.09. The van der Waals surface area contributed by atoms with Gasteiger partial charge in [-0.3, -0.25) is 4.79 Å². The van der Waals surface area contributed by atoms with Gasteiger partial charge in [0, 0.05) is 13.3 Å². The number of hydrogen-bond acceptors (Lipinski definition) is 6. The minimum atomic E-state index is -0.909. The first-order chi connectivity index (χ1) is 10.7. The van der Waals surface area contributed by atoms with E-state index >= 15 is 0 Å². The molecule has 118 valence electrons. The number of carbonyl (C=O) groups is 1. The van der Waals surface area contributed by atoms with Crippen molar-refractivity contribution in [3.05, 3.63) is 48.0 Å². The molecule has 1 atom stereocenters. The summed E-state index contributed by atoms with van der Waals surface area (Å²) in [6.45, 7) is 0.719. The number of aliphatic hydroxyl groups is 1. The number of amides is 1. The van der Waals surface area contributed by atoms with Crippen LogP contribution in [0.1, 0.15) is 22.2 Å². The molecule has 7 nitrogen and oxygen atoms in total. The van der Waals surface area contributed by atoms with Crippen molar-refractivity contribution in [2.75, 3.05) is 26.9 Å². The number of aliphatic hydroxyl groups excluding tert-OH is 1. The molecular formula is C15H18N2O5. The molecule has 2 aromatic heterocycles. The van der Waals surface area contributed by atoms with Gasteiger partial charge in [-0.2, -0.15) is 0 Å². The number of rotatable bonds is 8. The van der Waals surface area contributed by atoms with Crippen molar-refractivity contribution in [1.82, 2.24) is 10.3 Å². The van der Waals surface area contributed by atoms with Crippen molar-refractivity contribution < 1.29 is 23.8 Å². The number of aromatic nitrogens is 1. The minimum absolute atomic E-state index is 0.0265. The van der Waals surface area contributed by atoms with Gasteiger partial charge >= 0.3 is 0 Å². The summed E-state index contributed by atoms with van der Waals surface area (Å²) in [5.74, 6) is 0.235. The zero-order chi connectivity index (χ0) is 15.8. The maximum atomic E-state index is 12.2. The summed E-state index contributed by atoms with van der Waals surface area (Å²) in [7, 11) is 1.56. The first-order valence-electron chi connectivity index (χ1n) is 6.78. The van der Waals surface area contributed by atoms with E-state index in [1.807, 2.05) is 0 Å². The van der Waals surface area contributed by atoms with Crippen LogP contribution in [0.15, 0.2) is 41.1 Å². The standard InChI is InChI=1S/C15H18N2O5/c1-20-8-9-22-15-11(4-2-6-16-15)14(19)17-10-12(18)13-5-3-7-21-13/h2-7,12,18H,8-10H2,1H3,(H,17,19). The Balaban J connectivity index is 1.94. The summed E-state index contributed by atoms with van der Waals surface area (Å²) < 4.78 is 15.4. The Bertz CT molecular complexity index is 585. The largest absolute Gasteiger partial charge is 0.475 e. The van der Waals surface area contributed by atoms with Gasteiger partial charge < -0.3 is 24.3 Å². The van der Waals surface area contributed by atoms with Gasteiger partial charge in [0.05, 0.1) is 19.4 Å². The Morgan fingerprint density at radius 3 is 3.00 bits per heavy atom. The maximum Gasteiger partial charge on any atom is 0.256 e. The van der Waals surface area contributed by atoms with Crippen LogP contribution in [0.25, 0.3) is 0 Å². The van der Waals surface area contributed by atoms with Crippen LogP contribution in [0, 0.1) is 0 Å². The zero-order valence-corrected chi connectivity index (χ0v) is 12.2. The molecule has 0 bridgehead atoms. The molecule has 0 aliphatic rings. The van der Waals surface area contributed by atoms with E-state index in [9.17, 15) is 9.90 Å². The molecule has 0 fully saturated rings. The van der Waals surface area contributed by atoms with E-state index in [2.05, 4.69) is 10.3 Å². The van der Waals surface area contributed by atoms with Gasteiger partial charge in [0.25, 0.3) is 5.91 Å². The van der Waals surface area contributed by atoms with Crippen LogP contribution in [-0.2, 0) is 4.74 Å². The van der Waals surface area contributed by atoms with Crippen molar-refractivity contribution in [3.8, 4) is 5.88 Å². The average Bonchev–Trinajstić information content (AvgIpc) is 3.07. The van der Waals surface area contributed by atoms with Crippen LogP contribution in [0.4, 0.5) is 0 Å². The molecule has 0 saturated carbocycles. The van der Waals surface area contributed by atoms with Crippen molar-refractivity contribution in [2.45, 2.75) is 6.10 Å². The van der Waals surface area contributed by atoms with E-state index in [1.165, 1.54) is 12.5 Å². The second-order valence-corrected chi connectivity index (χ2v) is 4.44.